The number of carboxylic acids is 1. The third kappa shape index (κ3) is 3.66. The Morgan fingerprint density at radius 3 is 2.36 bits per heavy atom. The molecular formula is C16H11N4O4S-. The van der Waals surface area contributed by atoms with E-state index in [1.54, 1.807) is 16.7 Å². The highest BCUT2D eigenvalue weighted by molar-refractivity contribution is 7.99. The van der Waals surface area contributed by atoms with E-state index in [1.807, 2.05) is 30.3 Å². The minimum absolute atomic E-state index is 0.0268. The number of thioether (sulfide) groups is 1. The molecule has 0 bridgehead atoms. The van der Waals surface area contributed by atoms with Crippen LogP contribution < -0.4 is 5.11 Å². The van der Waals surface area contributed by atoms with Gasteiger partial charge in [0.1, 0.15) is 0 Å². The van der Waals surface area contributed by atoms with Crippen molar-refractivity contribution in [2.24, 2.45) is 0 Å². The van der Waals surface area contributed by atoms with Crippen LogP contribution in [0.4, 0.5) is 5.69 Å². The second-order valence-electron chi connectivity index (χ2n) is 4.94. The number of para-hydroxylation sites is 1. The van der Waals surface area contributed by atoms with E-state index in [4.69, 9.17) is 0 Å². The van der Waals surface area contributed by atoms with Crippen molar-refractivity contribution >= 4 is 23.4 Å². The second kappa shape index (κ2) is 7.14. The molecule has 0 atom stereocenters. The summed E-state index contributed by atoms with van der Waals surface area (Å²) in [4.78, 5) is 21.1. The van der Waals surface area contributed by atoms with Crippen LogP contribution in [0.2, 0.25) is 0 Å². The quantitative estimate of drug-likeness (QED) is 0.375. The first kappa shape index (κ1) is 16.7. The summed E-state index contributed by atoms with van der Waals surface area (Å²) in [6, 6.07) is 15.1. The van der Waals surface area contributed by atoms with Gasteiger partial charge < -0.3 is 9.90 Å². The van der Waals surface area contributed by atoms with Crippen molar-refractivity contribution in [3.63, 3.8) is 0 Å². The van der Waals surface area contributed by atoms with Gasteiger partial charge in [-0.3, -0.25) is 14.7 Å². The Morgan fingerprint density at radius 1 is 1.08 bits per heavy atom. The molecule has 9 heteroatoms. The molecule has 1 heterocycles. The largest absolute Gasteiger partial charge is 0.549 e. The minimum atomic E-state index is -1.20. The van der Waals surface area contributed by atoms with Crippen LogP contribution in [-0.4, -0.2) is 31.4 Å². The molecule has 0 radical (unpaired) electrons. The van der Waals surface area contributed by atoms with Crippen LogP contribution in [0.15, 0.2) is 59.8 Å². The number of nitro benzene ring substituents is 1. The number of aliphatic carboxylic acids is 1. The van der Waals surface area contributed by atoms with Crippen molar-refractivity contribution < 1.29 is 14.8 Å². The first-order valence-corrected chi connectivity index (χ1v) is 8.13. The van der Waals surface area contributed by atoms with E-state index in [-0.39, 0.29) is 11.4 Å². The lowest BCUT2D eigenvalue weighted by Crippen LogP contribution is -2.24. The maximum Gasteiger partial charge on any atom is 0.269 e. The van der Waals surface area contributed by atoms with Crippen LogP contribution in [0.1, 0.15) is 0 Å². The fourth-order valence-corrected chi connectivity index (χ4v) is 2.88. The second-order valence-corrected chi connectivity index (χ2v) is 5.88. The zero-order valence-corrected chi connectivity index (χ0v) is 13.5. The molecule has 0 saturated heterocycles. The normalized spacial score (nSPS) is 10.6. The first-order chi connectivity index (χ1) is 12.1. The van der Waals surface area contributed by atoms with Gasteiger partial charge in [0.05, 0.1) is 10.9 Å². The lowest BCUT2D eigenvalue weighted by molar-refractivity contribution is -0.384. The van der Waals surface area contributed by atoms with E-state index in [0.29, 0.717) is 16.5 Å². The zero-order valence-electron chi connectivity index (χ0n) is 12.7. The van der Waals surface area contributed by atoms with Gasteiger partial charge >= 0.3 is 0 Å². The number of nitro groups is 1. The summed E-state index contributed by atoms with van der Waals surface area (Å²) in [5.41, 5.74) is 1.35. The number of hydrogen-bond acceptors (Lipinski definition) is 7. The summed E-state index contributed by atoms with van der Waals surface area (Å²) in [5, 5.41) is 30.1. The molecule has 0 fully saturated rings. The average Bonchev–Trinajstić information content (AvgIpc) is 3.04. The van der Waals surface area contributed by atoms with Crippen molar-refractivity contribution in [1.29, 1.82) is 0 Å². The monoisotopic (exact) mass is 355 g/mol. The summed E-state index contributed by atoms with van der Waals surface area (Å²) >= 11 is 0.993. The molecule has 0 unspecified atom stereocenters. The third-order valence-electron chi connectivity index (χ3n) is 3.30. The Bertz CT molecular complexity index is 910. The molecule has 0 spiro atoms. The summed E-state index contributed by atoms with van der Waals surface area (Å²) < 4.78 is 1.70. The molecule has 0 saturated carbocycles. The molecule has 126 valence electrons. The van der Waals surface area contributed by atoms with Gasteiger partial charge in [-0.25, -0.2) is 0 Å². The van der Waals surface area contributed by atoms with Gasteiger partial charge in [-0.2, -0.15) is 0 Å². The molecular weight excluding hydrogens is 344 g/mol. The number of carboxylic acid groups (broad SMARTS) is 1. The van der Waals surface area contributed by atoms with E-state index in [1.165, 1.54) is 12.1 Å². The highest BCUT2D eigenvalue weighted by atomic mass is 32.2. The van der Waals surface area contributed by atoms with E-state index in [2.05, 4.69) is 10.2 Å². The fraction of sp³-hybridized carbons (Fsp3) is 0.0625. The molecule has 2 aromatic carbocycles. The molecule has 1 aromatic heterocycles. The Morgan fingerprint density at radius 2 is 1.76 bits per heavy atom. The van der Waals surface area contributed by atoms with Crippen LogP contribution in [0.25, 0.3) is 17.1 Å². The van der Waals surface area contributed by atoms with Gasteiger partial charge in [0, 0.05) is 29.1 Å². The van der Waals surface area contributed by atoms with Crippen LogP contribution in [-0.2, 0) is 4.79 Å². The predicted octanol–water partition coefficient (Wildman–Crippen LogP) is 1.68. The van der Waals surface area contributed by atoms with Crippen LogP contribution in [0.3, 0.4) is 0 Å². The van der Waals surface area contributed by atoms with Gasteiger partial charge in [0.25, 0.3) is 5.69 Å². The average molecular weight is 355 g/mol. The standard InChI is InChI=1S/C16H12N4O4S/c21-14(22)10-25-16-18-17-15(19(16)12-4-2-1-3-5-12)11-6-8-13(9-7-11)20(23)24/h1-9H,10H2,(H,21,22)/p-1. The lowest BCUT2D eigenvalue weighted by Gasteiger charge is -2.10. The SMILES string of the molecule is O=C([O-])CSc1nnc(-c2ccc([N+](=O)[O-])cc2)n1-c1ccccc1. The number of non-ortho nitro benzene ring substituents is 1. The Hall–Kier alpha value is -3.20. The molecule has 0 aliphatic heterocycles. The van der Waals surface area contributed by atoms with Gasteiger partial charge in [-0.15, -0.1) is 10.2 Å². The molecule has 0 aliphatic carbocycles. The van der Waals surface area contributed by atoms with Crippen molar-refractivity contribution in [2.45, 2.75) is 5.16 Å². The molecule has 0 aliphatic rings. The summed E-state index contributed by atoms with van der Waals surface area (Å²) in [6.45, 7) is 0. The molecule has 0 N–H and O–H groups in total. The molecule has 8 nitrogen and oxygen atoms in total. The Balaban J connectivity index is 2.07. The van der Waals surface area contributed by atoms with Gasteiger partial charge in [-0.05, 0) is 24.3 Å². The number of carbonyl (C=O) groups excluding carboxylic acids is 1. The van der Waals surface area contributed by atoms with Crippen LogP contribution in [0, 0.1) is 10.1 Å². The topological polar surface area (TPSA) is 114 Å². The predicted molar refractivity (Wildman–Crippen MR) is 89.2 cm³/mol. The lowest BCUT2D eigenvalue weighted by atomic mass is 10.2. The highest BCUT2D eigenvalue weighted by Crippen LogP contribution is 2.28. The minimum Gasteiger partial charge on any atom is -0.549 e. The van der Waals surface area contributed by atoms with Crippen LogP contribution >= 0.6 is 11.8 Å². The van der Waals surface area contributed by atoms with Crippen molar-refractivity contribution in [2.75, 3.05) is 5.75 Å². The number of aromatic nitrogens is 3. The Kier molecular flexibility index (Phi) is 4.75. The number of nitrogens with zero attached hydrogens (tertiary/aromatic N) is 4. The number of rotatable bonds is 6. The first-order valence-electron chi connectivity index (χ1n) is 7.14. The van der Waals surface area contributed by atoms with Gasteiger partial charge in [-0.1, -0.05) is 30.0 Å². The van der Waals surface area contributed by atoms with E-state index >= 15 is 0 Å². The van der Waals surface area contributed by atoms with Crippen molar-refractivity contribution in [3.05, 3.63) is 64.7 Å². The zero-order chi connectivity index (χ0) is 17.8. The van der Waals surface area contributed by atoms with E-state index in [0.717, 1.165) is 17.4 Å². The maximum absolute atomic E-state index is 10.8. The van der Waals surface area contributed by atoms with E-state index < -0.39 is 10.9 Å². The maximum atomic E-state index is 10.8. The van der Waals surface area contributed by atoms with Crippen molar-refractivity contribution in [1.82, 2.24) is 14.8 Å². The fourth-order valence-electron chi connectivity index (χ4n) is 2.22. The van der Waals surface area contributed by atoms with Gasteiger partial charge in [0.15, 0.2) is 11.0 Å². The van der Waals surface area contributed by atoms with E-state index in [9.17, 15) is 20.0 Å². The number of carbonyl (C=O) groups is 1. The van der Waals surface area contributed by atoms with Crippen LogP contribution in [0.5, 0.6) is 0 Å². The number of benzene rings is 2. The molecule has 3 aromatic rings. The van der Waals surface area contributed by atoms with Crippen molar-refractivity contribution in [3.8, 4) is 17.1 Å². The summed E-state index contributed by atoms with van der Waals surface area (Å²) in [7, 11) is 0. The number of hydrogen-bond donors (Lipinski definition) is 0. The van der Waals surface area contributed by atoms with Gasteiger partial charge in [0.2, 0.25) is 0 Å². The molecule has 0 amide bonds. The molecule has 25 heavy (non-hydrogen) atoms. The highest BCUT2D eigenvalue weighted by Gasteiger charge is 2.17. The third-order valence-corrected chi connectivity index (χ3v) is 4.21. The summed E-state index contributed by atoms with van der Waals surface area (Å²) in [5.74, 6) is -1.00. The molecule has 3 rings (SSSR count). The summed E-state index contributed by atoms with van der Waals surface area (Å²) in [6.07, 6.45) is 0. The smallest absolute Gasteiger partial charge is 0.269 e. The Labute approximate surface area is 146 Å².